The molecule has 0 saturated carbocycles. The molecule has 0 aliphatic heterocycles. The van der Waals surface area contributed by atoms with Gasteiger partial charge in [-0.25, -0.2) is 14.4 Å². The Morgan fingerprint density at radius 2 is 1.95 bits per heavy atom. The van der Waals surface area contributed by atoms with E-state index in [1.165, 1.54) is 18.5 Å². The quantitative estimate of drug-likeness (QED) is 0.820. The Bertz CT molecular complexity index is 592. The second-order valence-electron chi connectivity index (χ2n) is 4.51. The van der Waals surface area contributed by atoms with Crippen LogP contribution in [0.2, 0.25) is 0 Å². The Morgan fingerprint density at radius 3 is 2.62 bits per heavy atom. The van der Waals surface area contributed by atoms with E-state index < -0.39 is 0 Å². The molecule has 112 valence electrons. The first-order valence-electron chi connectivity index (χ1n) is 6.85. The number of hydrogen-bond donors (Lipinski definition) is 2. The maximum absolute atomic E-state index is 13.2. The number of methoxy groups -OCH3 is 1. The molecule has 0 aliphatic carbocycles. The lowest BCUT2D eigenvalue weighted by Gasteiger charge is -2.14. The van der Waals surface area contributed by atoms with Gasteiger partial charge in [-0.05, 0) is 24.1 Å². The lowest BCUT2D eigenvalue weighted by atomic mass is 10.2. The molecule has 0 unspecified atom stereocenters. The van der Waals surface area contributed by atoms with Crippen LogP contribution < -0.4 is 15.4 Å². The monoisotopic (exact) mass is 290 g/mol. The summed E-state index contributed by atoms with van der Waals surface area (Å²) in [6, 6.07) is 6.43. The second kappa shape index (κ2) is 7.42. The third kappa shape index (κ3) is 4.05. The van der Waals surface area contributed by atoms with Crippen LogP contribution in [-0.4, -0.2) is 23.6 Å². The largest absolute Gasteiger partial charge is 0.490 e. The number of hydrogen-bond acceptors (Lipinski definition) is 5. The van der Waals surface area contributed by atoms with Gasteiger partial charge in [0.2, 0.25) is 5.75 Å². The molecule has 0 spiro atoms. The molecule has 0 amide bonds. The normalized spacial score (nSPS) is 10.2. The molecule has 2 rings (SSSR count). The topological polar surface area (TPSA) is 59.1 Å². The zero-order chi connectivity index (χ0) is 15.1. The van der Waals surface area contributed by atoms with Gasteiger partial charge < -0.3 is 15.4 Å². The molecule has 0 atom stereocenters. The minimum absolute atomic E-state index is 0.255. The average molecular weight is 290 g/mol. The van der Waals surface area contributed by atoms with Crippen molar-refractivity contribution < 1.29 is 9.13 Å². The van der Waals surface area contributed by atoms with E-state index in [1.807, 2.05) is 6.07 Å². The number of anilines is 2. The van der Waals surface area contributed by atoms with Crippen LogP contribution in [0.3, 0.4) is 0 Å². The summed E-state index contributed by atoms with van der Waals surface area (Å²) in [5, 5.41) is 6.33. The van der Waals surface area contributed by atoms with Crippen molar-refractivity contribution in [3.63, 3.8) is 0 Å². The standard InChI is InChI=1S/C15H19FN4O/c1-3-7-17-14-13(21-2)15(20-10-19-14)18-9-11-5-4-6-12(16)8-11/h4-6,8,10H,3,7,9H2,1-2H3,(H2,17,18,19,20). The van der Waals surface area contributed by atoms with Gasteiger partial charge >= 0.3 is 0 Å². The van der Waals surface area contributed by atoms with Crippen LogP contribution in [0.4, 0.5) is 16.0 Å². The average Bonchev–Trinajstić information content (AvgIpc) is 2.50. The SMILES string of the molecule is CCCNc1ncnc(NCc2cccc(F)c2)c1OC. The maximum Gasteiger partial charge on any atom is 0.204 e. The van der Waals surface area contributed by atoms with E-state index in [0.717, 1.165) is 18.5 Å². The first-order valence-corrected chi connectivity index (χ1v) is 6.85. The van der Waals surface area contributed by atoms with Crippen molar-refractivity contribution in [1.82, 2.24) is 9.97 Å². The smallest absolute Gasteiger partial charge is 0.204 e. The molecule has 6 heteroatoms. The van der Waals surface area contributed by atoms with Gasteiger partial charge in [-0.15, -0.1) is 0 Å². The van der Waals surface area contributed by atoms with Gasteiger partial charge in [0.15, 0.2) is 11.6 Å². The van der Waals surface area contributed by atoms with Gasteiger partial charge in [-0.2, -0.15) is 0 Å². The summed E-state index contributed by atoms with van der Waals surface area (Å²) in [7, 11) is 1.57. The van der Waals surface area contributed by atoms with Crippen LogP contribution in [-0.2, 0) is 6.54 Å². The summed E-state index contributed by atoms with van der Waals surface area (Å²) in [5.41, 5.74) is 0.832. The van der Waals surface area contributed by atoms with Gasteiger partial charge in [0.1, 0.15) is 12.1 Å². The molecule has 2 N–H and O–H groups in total. The molecule has 0 aliphatic rings. The minimum Gasteiger partial charge on any atom is -0.490 e. The van der Waals surface area contributed by atoms with Crippen molar-refractivity contribution in [2.75, 3.05) is 24.3 Å². The van der Waals surface area contributed by atoms with Crippen LogP contribution in [0.5, 0.6) is 5.75 Å². The van der Waals surface area contributed by atoms with Crippen molar-refractivity contribution in [2.45, 2.75) is 19.9 Å². The molecule has 1 aromatic heterocycles. The van der Waals surface area contributed by atoms with Crippen molar-refractivity contribution in [3.8, 4) is 5.75 Å². The van der Waals surface area contributed by atoms with Crippen molar-refractivity contribution in [2.24, 2.45) is 0 Å². The molecule has 0 radical (unpaired) electrons. The lowest BCUT2D eigenvalue weighted by molar-refractivity contribution is 0.414. The first-order chi connectivity index (χ1) is 10.2. The molecule has 21 heavy (non-hydrogen) atoms. The van der Waals surface area contributed by atoms with Crippen molar-refractivity contribution >= 4 is 11.6 Å². The number of ether oxygens (including phenoxy) is 1. The third-order valence-electron chi connectivity index (χ3n) is 2.90. The van der Waals surface area contributed by atoms with Crippen molar-refractivity contribution in [3.05, 3.63) is 42.0 Å². The molecule has 2 aromatic rings. The number of halogens is 1. The Hall–Kier alpha value is -2.37. The summed E-state index contributed by atoms with van der Waals surface area (Å²) in [6.45, 7) is 3.33. The van der Waals surface area contributed by atoms with E-state index in [9.17, 15) is 4.39 Å². The van der Waals surface area contributed by atoms with Crippen LogP contribution in [0.25, 0.3) is 0 Å². The molecular formula is C15H19FN4O. The number of aromatic nitrogens is 2. The van der Waals surface area contributed by atoms with Gasteiger partial charge in [0, 0.05) is 13.1 Å². The van der Waals surface area contributed by atoms with Crippen molar-refractivity contribution in [1.29, 1.82) is 0 Å². The summed E-state index contributed by atoms with van der Waals surface area (Å²) < 4.78 is 18.5. The van der Waals surface area contributed by atoms with Gasteiger partial charge in [-0.3, -0.25) is 0 Å². The minimum atomic E-state index is -0.255. The third-order valence-corrected chi connectivity index (χ3v) is 2.90. The van der Waals surface area contributed by atoms with E-state index in [1.54, 1.807) is 13.2 Å². The van der Waals surface area contributed by atoms with E-state index in [-0.39, 0.29) is 5.82 Å². The molecular weight excluding hydrogens is 271 g/mol. The van der Waals surface area contributed by atoms with Crippen LogP contribution >= 0.6 is 0 Å². The zero-order valence-corrected chi connectivity index (χ0v) is 12.2. The molecule has 1 aromatic carbocycles. The predicted octanol–water partition coefficient (Wildman–Crippen LogP) is 3.06. The van der Waals surface area contributed by atoms with Crippen LogP contribution in [0.1, 0.15) is 18.9 Å². The number of nitrogens with zero attached hydrogens (tertiary/aromatic N) is 2. The van der Waals surface area contributed by atoms with Gasteiger partial charge in [0.25, 0.3) is 0 Å². The highest BCUT2D eigenvalue weighted by atomic mass is 19.1. The van der Waals surface area contributed by atoms with Crippen LogP contribution in [0.15, 0.2) is 30.6 Å². The van der Waals surface area contributed by atoms with Gasteiger partial charge in [-0.1, -0.05) is 19.1 Å². The predicted molar refractivity (Wildman–Crippen MR) is 81.1 cm³/mol. The highest BCUT2D eigenvalue weighted by molar-refractivity contribution is 5.63. The maximum atomic E-state index is 13.2. The van der Waals surface area contributed by atoms with Gasteiger partial charge in [0.05, 0.1) is 7.11 Å². The number of benzene rings is 1. The Morgan fingerprint density at radius 1 is 1.19 bits per heavy atom. The summed E-state index contributed by atoms with van der Waals surface area (Å²) in [6.07, 6.45) is 2.45. The molecule has 0 saturated heterocycles. The van der Waals surface area contributed by atoms with E-state index in [4.69, 9.17) is 4.74 Å². The molecule has 0 bridgehead atoms. The lowest BCUT2D eigenvalue weighted by Crippen LogP contribution is -2.09. The fraction of sp³-hybridized carbons (Fsp3) is 0.333. The summed E-state index contributed by atoms with van der Waals surface area (Å²) in [4.78, 5) is 8.34. The van der Waals surface area contributed by atoms with Crippen LogP contribution in [0, 0.1) is 5.82 Å². The molecule has 1 heterocycles. The first kappa shape index (κ1) is 15.0. The van der Waals surface area contributed by atoms with E-state index in [0.29, 0.717) is 23.9 Å². The Kier molecular flexibility index (Phi) is 5.31. The fourth-order valence-electron chi connectivity index (χ4n) is 1.90. The fourth-order valence-corrected chi connectivity index (χ4v) is 1.90. The summed E-state index contributed by atoms with van der Waals surface area (Å²) in [5.74, 6) is 1.53. The zero-order valence-electron chi connectivity index (χ0n) is 12.2. The highest BCUT2D eigenvalue weighted by Gasteiger charge is 2.11. The Labute approximate surface area is 123 Å². The number of nitrogens with one attached hydrogen (secondary N) is 2. The van der Waals surface area contributed by atoms with E-state index in [2.05, 4.69) is 27.5 Å². The highest BCUT2D eigenvalue weighted by Crippen LogP contribution is 2.29. The van der Waals surface area contributed by atoms with E-state index >= 15 is 0 Å². The molecule has 0 fully saturated rings. The Balaban J connectivity index is 2.12. The number of rotatable bonds is 7. The molecule has 5 nitrogen and oxygen atoms in total. The second-order valence-corrected chi connectivity index (χ2v) is 4.51. The summed E-state index contributed by atoms with van der Waals surface area (Å²) >= 11 is 0.